The second-order valence-corrected chi connectivity index (χ2v) is 7.04. The van der Waals surface area contributed by atoms with Gasteiger partial charge in [0.2, 0.25) is 0 Å². The van der Waals surface area contributed by atoms with Crippen molar-refractivity contribution in [3.8, 4) is 0 Å². The maximum absolute atomic E-state index is 13.9. The molecule has 0 amide bonds. The summed E-state index contributed by atoms with van der Waals surface area (Å²) in [5.41, 5.74) is 0. The van der Waals surface area contributed by atoms with Crippen molar-refractivity contribution in [3.05, 3.63) is 0 Å². The number of quaternary nitrogens is 1. The van der Waals surface area contributed by atoms with Crippen molar-refractivity contribution >= 4 is 0 Å². The van der Waals surface area contributed by atoms with Crippen molar-refractivity contribution in [1.82, 2.24) is 0 Å². The van der Waals surface area contributed by atoms with Gasteiger partial charge in [-0.05, 0) is 0 Å². The van der Waals surface area contributed by atoms with Crippen LogP contribution in [0, 0.1) is 0 Å². The van der Waals surface area contributed by atoms with Crippen LogP contribution in [0.15, 0.2) is 0 Å². The fraction of sp³-hybridized carbons (Fsp3) is 1.00. The van der Waals surface area contributed by atoms with Crippen LogP contribution < -0.4 is 9.60 Å². The first-order valence-electron chi connectivity index (χ1n) is 8.10. The molecule has 0 aromatic carbocycles. The van der Waals surface area contributed by atoms with Crippen molar-refractivity contribution in [2.45, 2.75) is 72.2 Å². The summed E-state index contributed by atoms with van der Waals surface area (Å²) in [4.78, 5) is -7.45. The van der Waals surface area contributed by atoms with E-state index in [4.69, 9.17) is 0 Å². The molecule has 0 bridgehead atoms. The Labute approximate surface area is 202 Å². The Morgan fingerprint density at radius 3 is 0.439 bits per heavy atom. The van der Waals surface area contributed by atoms with Crippen molar-refractivity contribution in [1.29, 1.82) is 0 Å². The molecule has 0 unspecified atom stereocenters. The lowest BCUT2D eigenvalue weighted by Gasteiger charge is -2.46. The highest BCUT2D eigenvalue weighted by molar-refractivity contribution is 5.03. The van der Waals surface area contributed by atoms with Crippen LogP contribution in [-0.2, 0) is 0 Å². The Balaban J connectivity index is 0. The molecule has 0 saturated carbocycles. The summed E-state index contributed by atoms with van der Waals surface area (Å²) >= 11 is 0. The largest absolute Gasteiger partial charge is 1.00 e. The first-order chi connectivity index (χ1) is 16.6. The van der Waals surface area contributed by atoms with Crippen LogP contribution in [0.4, 0.5) is 119 Å². The van der Waals surface area contributed by atoms with E-state index in [1.165, 1.54) is 0 Å². The van der Waals surface area contributed by atoms with Crippen molar-refractivity contribution in [3.63, 3.8) is 0 Å². The minimum atomic E-state index is -9.73. The predicted octanol–water partition coefficient (Wildman–Crippen LogP) is 4.15. The molecule has 250 valence electrons. The topological polar surface area (TPSA) is 4.44 Å². The van der Waals surface area contributed by atoms with Gasteiger partial charge >= 0.3 is 72.2 Å². The maximum atomic E-state index is 13.9. The molecule has 0 atom stereocenters. The van der Waals surface area contributed by atoms with Gasteiger partial charge in [0.15, 0.2) is 0 Å². The van der Waals surface area contributed by atoms with Crippen molar-refractivity contribution < 1.29 is 128 Å². The third-order valence-electron chi connectivity index (χ3n) is 4.38. The Bertz CT molecular complexity index is 793. The number of nitrogens with one attached hydrogen (secondary N) is 1. The molecule has 1 N–H and O–H groups in total. The SMILES string of the molecule is FC(F)(F)C(F)(F)C(F)(F)C(F)(F)[NH+](C(F)(F)C(F)(F)C(F)(F)C(F)(F)F)C(F)(F)C(F)(F)C(F)(F)C(F)(F)F.[F-]. The zero-order valence-corrected chi connectivity index (χ0v) is 17.1. The number of hydrogen-bond donors (Lipinski definition) is 1. The molecule has 1 nitrogen and oxygen atoms in total. The summed E-state index contributed by atoms with van der Waals surface area (Å²) < 4.78 is 350. The molecular weight excluding hydrogens is 690 g/mol. The molecule has 0 spiro atoms. The Morgan fingerprint density at radius 1 is 0.220 bits per heavy atom. The average Bonchev–Trinajstić information content (AvgIpc) is 2.63. The minimum absolute atomic E-state index is 0. The number of halogens is 28. The molecular formula is C12HF28N. The monoisotopic (exact) mass is 691 g/mol. The van der Waals surface area contributed by atoms with Gasteiger partial charge in [-0.1, -0.05) is 0 Å². The highest BCUT2D eigenvalue weighted by atomic mass is 19.5. The highest BCUT2D eigenvalue weighted by Gasteiger charge is 2.99. The molecule has 0 aliphatic carbocycles. The zero-order chi connectivity index (χ0) is 33.6. The number of rotatable bonds is 9. The predicted molar refractivity (Wildman–Crippen MR) is 63.7 cm³/mol. The third-order valence-corrected chi connectivity index (χ3v) is 4.38. The molecule has 0 saturated heterocycles. The smallest absolute Gasteiger partial charge is 0.470 e. The van der Waals surface area contributed by atoms with E-state index >= 15 is 0 Å². The Morgan fingerprint density at radius 2 is 0.341 bits per heavy atom. The summed E-state index contributed by atoms with van der Waals surface area (Å²) in [6.07, 6.45) is -25.3. The average molecular weight is 691 g/mol. The van der Waals surface area contributed by atoms with Crippen LogP contribution in [0.1, 0.15) is 0 Å². The van der Waals surface area contributed by atoms with Gasteiger partial charge < -0.3 is 4.70 Å². The van der Waals surface area contributed by atoms with E-state index < -0.39 is 77.1 Å². The van der Waals surface area contributed by atoms with Crippen LogP contribution in [0.3, 0.4) is 0 Å². The lowest BCUT2D eigenvalue weighted by molar-refractivity contribution is -1.15. The molecule has 0 rings (SSSR count). The van der Waals surface area contributed by atoms with Crippen molar-refractivity contribution in [2.75, 3.05) is 0 Å². The van der Waals surface area contributed by atoms with Crippen LogP contribution in [0.2, 0.25) is 0 Å². The van der Waals surface area contributed by atoms with Gasteiger partial charge in [0.1, 0.15) is 0 Å². The molecule has 0 radical (unpaired) electrons. The molecule has 0 aliphatic rings. The van der Waals surface area contributed by atoms with Gasteiger partial charge in [0.05, 0.1) is 0 Å². The van der Waals surface area contributed by atoms with Crippen LogP contribution in [0.5, 0.6) is 0 Å². The summed E-state index contributed by atoms with van der Waals surface area (Å²) in [6.45, 7) is 0. The lowest BCUT2D eigenvalue weighted by Crippen LogP contribution is -3.35. The molecule has 0 heterocycles. The zero-order valence-electron chi connectivity index (χ0n) is 17.1. The quantitative estimate of drug-likeness (QED) is 0.274. The number of alkyl halides is 27. The van der Waals surface area contributed by atoms with E-state index in [0.29, 0.717) is 0 Å². The van der Waals surface area contributed by atoms with E-state index in [9.17, 15) is 119 Å². The van der Waals surface area contributed by atoms with E-state index in [-0.39, 0.29) is 4.70 Å². The fourth-order valence-corrected chi connectivity index (χ4v) is 2.19. The van der Waals surface area contributed by atoms with E-state index in [0.717, 1.165) is 0 Å². The molecule has 0 aromatic heterocycles. The summed E-state index contributed by atoms with van der Waals surface area (Å²) in [5, 5.41) is 0. The van der Waals surface area contributed by atoms with Crippen molar-refractivity contribution in [2.24, 2.45) is 0 Å². The molecule has 29 heteroatoms. The van der Waals surface area contributed by atoms with E-state index in [2.05, 4.69) is 0 Å². The first kappa shape index (κ1) is 41.1. The van der Waals surface area contributed by atoms with Gasteiger partial charge in [-0.3, -0.25) is 0 Å². The molecule has 0 fully saturated rings. The van der Waals surface area contributed by atoms with Crippen LogP contribution >= 0.6 is 0 Å². The van der Waals surface area contributed by atoms with E-state index in [1.54, 1.807) is 0 Å². The summed E-state index contributed by atoms with van der Waals surface area (Å²) in [6, 6.07) is -29.2. The van der Waals surface area contributed by atoms with Gasteiger partial charge in [0, 0.05) is 0 Å². The molecule has 41 heavy (non-hydrogen) atoms. The standard InChI is InChI=1S/C12F27N.FH/c13-1(14,7(25,26)27)4(19,20)10(34,35)40(11(36,37)5(21,22)2(15,16)8(28,29)30)12(38,39)6(23,24)3(17,18)9(31,32)33;/h;1H. The lowest BCUT2D eigenvalue weighted by atomic mass is 10.00. The second kappa shape index (κ2) is 9.76. The Kier molecular flexibility index (Phi) is 9.79. The van der Waals surface area contributed by atoms with Gasteiger partial charge in [-0.15, -0.1) is 31.2 Å². The second-order valence-electron chi connectivity index (χ2n) is 7.04. The third kappa shape index (κ3) is 5.23. The van der Waals surface area contributed by atoms with Gasteiger partial charge in [0.25, 0.3) is 0 Å². The maximum Gasteiger partial charge on any atom is 0.470 e. The van der Waals surface area contributed by atoms with E-state index in [1.807, 2.05) is 0 Å². The summed E-state index contributed by atoms with van der Waals surface area (Å²) in [7, 11) is 0. The Hall–Kier alpha value is -2.00. The van der Waals surface area contributed by atoms with Crippen LogP contribution in [-0.4, -0.2) is 72.2 Å². The first-order valence-corrected chi connectivity index (χ1v) is 8.10. The molecule has 0 aliphatic heterocycles. The van der Waals surface area contributed by atoms with Crippen LogP contribution in [0.25, 0.3) is 0 Å². The van der Waals surface area contributed by atoms with Gasteiger partial charge in [-0.25, -0.2) is 0 Å². The number of hydrogen-bond acceptors (Lipinski definition) is 0. The highest BCUT2D eigenvalue weighted by Crippen LogP contribution is 2.58. The molecule has 0 aromatic rings. The fourth-order valence-electron chi connectivity index (χ4n) is 2.19. The normalized spacial score (nSPS) is 16.7. The van der Waals surface area contributed by atoms with Gasteiger partial charge in [-0.2, -0.15) is 92.2 Å². The minimum Gasteiger partial charge on any atom is -1.00 e. The summed E-state index contributed by atoms with van der Waals surface area (Å²) in [5.74, 6) is -55.3.